The number of benzene rings is 1. The molecule has 0 aliphatic heterocycles. The molecule has 3 heteroatoms. The summed E-state index contributed by atoms with van der Waals surface area (Å²) in [6.45, 7) is 0. The van der Waals surface area contributed by atoms with Crippen molar-refractivity contribution < 1.29 is 8.42 Å². The molecule has 0 saturated carbocycles. The molecule has 2 aliphatic carbocycles. The summed E-state index contributed by atoms with van der Waals surface area (Å²) in [6, 6.07) is 7.92. The van der Waals surface area contributed by atoms with E-state index in [1.54, 1.807) is 12.2 Å². The Morgan fingerprint density at radius 1 is 1.00 bits per heavy atom. The lowest BCUT2D eigenvalue weighted by molar-refractivity contribution is 0.627. The largest absolute Gasteiger partial charge is 0.222 e. The Hall–Kier alpha value is -1.87. The maximum Gasteiger partial charge on any atom is 0.222 e. The highest BCUT2D eigenvalue weighted by molar-refractivity contribution is 7.74. The zero-order valence-electron chi connectivity index (χ0n) is 8.34. The van der Waals surface area contributed by atoms with Gasteiger partial charge in [0.05, 0.1) is 0 Å². The topological polar surface area (TPSA) is 34.1 Å². The van der Waals surface area contributed by atoms with Crippen molar-refractivity contribution in [3.8, 4) is 0 Å². The van der Waals surface area contributed by atoms with E-state index in [0.29, 0.717) is 4.86 Å². The molecule has 78 valence electrons. The number of fused-ring (bicyclic) bond motifs is 3. The van der Waals surface area contributed by atoms with Crippen LogP contribution in [0.3, 0.4) is 0 Å². The van der Waals surface area contributed by atoms with Gasteiger partial charge in [-0.05, 0) is 28.9 Å². The first-order chi connectivity index (χ1) is 7.77. The number of allylic oxidation sites excluding steroid dienone is 5. The van der Waals surface area contributed by atoms with Gasteiger partial charge >= 0.3 is 0 Å². The Bertz CT molecular complexity index is 693. The zero-order chi connectivity index (χ0) is 11.1. The molecule has 0 atom stereocenters. The highest BCUT2D eigenvalue weighted by Gasteiger charge is 2.23. The summed E-state index contributed by atoms with van der Waals surface area (Å²) < 4.78 is 22.2. The maximum absolute atomic E-state index is 11.1. The van der Waals surface area contributed by atoms with E-state index in [2.05, 4.69) is 0 Å². The molecule has 16 heavy (non-hydrogen) atoms. The van der Waals surface area contributed by atoms with Gasteiger partial charge in [0, 0.05) is 5.57 Å². The average molecular weight is 228 g/mol. The molecule has 3 rings (SSSR count). The van der Waals surface area contributed by atoms with Gasteiger partial charge in [-0.25, -0.2) is 0 Å². The van der Waals surface area contributed by atoms with Crippen LogP contribution in [0.4, 0.5) is 0 Å². The molecule has 0 saturated heterocycles. The summed E-state index contributed by atoms with van der Waals surface area (Å²) in [5, 5.41) is 0. The lowest BCUT2D eigenvalue weighted by Gasteiger charge is -2.08. The molecule has 2 aliphatic rings. The van der Waals surface area contributed by atoms with E-state index in [0.717, 1.165) is 22.3 Å². The molecular formula is C13H8O2S. The van der Waals surface area contributed by atoms with Gasteiger partial charge in [0.25, 0.3) is 0 Å². The third-order valence-corrected chi connectivity index (χ3v) is 3.51. The summed E-state index contributed by atoms with van der Waals surface area (Å²) in [4.78, 5) is 0.369. The molecule has 1 aromatic rings. The lowest BCUT2D eigenvalue weighted by atomic mass is 9.97. The molecule has 0 fully saturated rings. The predicted octanol–water partition coefficient (Wildman–Crippen LogP) is 2.09. The Balaban J connectivity index is 2.33. The minimum atomic E-state index is -2.18. The third kappa shape index (κ3) is 1.22. The fourth-order valence-corrected chi connectivity index (χ4v) is 2.63. The highest BCUT2D eigenvalue weighted by atomic mass is 32.2. The fraction of sp³-hybridized carbons (Fsp3) is 0. The molecule has 0 radical (unpaired) electrons. The highest BCUT2D eigenvalue weighted by Crippen LogP contribution is 2.37. The van der Waals surface area contributed by atoms with E-state index in [9.17, 15) is 8.42 Å². The van der Waals surface area contributed by atoms with Crippen molar-refractivity contribution in [2.75, 3.05) is 0 Å². The van der Waals surface area contributed by atoms with Gasteiger partial charge in [0.2, 0.25) is 10.3 Å². The SMILES string of the molecule is O=S(=O)=C1C=CC=C2C1=Cc1ccccc12. The van der Waals surface area contributed by atoms with Crippen LogP contribution < -0.4 is 0 Å². The van der Waals surface area contributed by atoms with E-state index in [1.165, 1.54) is 0 Å². The quantitative estimate of drug-likeness (QED) is 0.637. The smallest absolute Gasteiger partial charge is 0.184 e. The van der Waals surface area contributed by atoms with Crippen LogP contribution in [0.25, 0.3) is 11.6 Å². The summed E-state index contributed by atoms with van der Waals surface area (Å²) >= 11 is 0. The zero-order valence-corrected chi connectivity index (χ0v) is 9.16. The van der Waals surface area contributed by atoms with Crippen LogP contribution in [0.15, 0.2) is 48.1 Å². The van der Waals surface area contributed by atoms with Crippen molar-refractivity contribution in [3.63, 3.8) is 0 Å². The standard InChI is InChI=1S/C13H8O2S/c14-16(15)13-7-3-6-11-10-5-2-1-4-9(10)8-12(11)13/h1-8H. The van der Waals surface area contributed by atoms with Crippen molar-refractivity contribution in [2.24, 2.45) is 0 Å². The van der Waals surface area contributed by atoms with Crippen LogP contribution in [-0.2, 0) is 10.3 Å². The minimum Gasteiger partial charge on any atom is -0.184 e. The first kappa shape index (κ1) is 9.36. The average Bonchev–Trinajstić information content (AvgIpc) is 2.67. The second-order valence-electron chi connectivity index (χ2n) is 3.68. The van der Waals surface area contributed by atoms with Crippen LogP contribution in [0, 0.1) is 0 Å². The second kappa shape index (κ2) is 3.32. The molecule has 2 nitrogen and oxygen atoms in total. The summed E-state index contributed by atoms with van der Waals surface area (Å²) in [5.74, 6) is 0. The van der Waals surface area contributed by atoms with E-state index in [-0.39, 0.29) is 0 Å². The van der Waals surface area contributed by atoms with Crippen LogP contribution in [0.2, 0.25) is 0 Å². The Kier molecular flexibility index (Phi) is 1.94. The van der Waals surface area contributed by atoms with Gasteiger partial charge in [0.1, 0.15) is 4.86 Å². The van der Waals surface area contributed by atoms with Gasteiger partial charge in [-0.3, -0.25) is 0 Å². The van der Waals surface area contributed by atoms with E-state index in [4.69, 9.17) is 0 Å². The predicted molar refractivity (Wildman–Crippen MR) is 65.5 cm³/mol. The number of hydrogen-bond donors (Lipinski definition) is 0. The molecular weight excluding hydrogens is 220 g/mol. The van der Waals surface area contributed by atoms with Crippen LogP contribution in [0.5, 0.6) is 0 Å². The summed E-state index contributed by atoms with van der Waals surface area (Å²) in [5.41, 5.74) is 3.98. The van der Waals surface area contributed by atoms with Gasteiger partial charge < -0.3 is 0 Å². The molecule has 0 heterocycles. The van der Waals surface area contributed by atoms with Gasteiger partial charge in [-0.2, -0.15) is 8.42 Å². The Morgan fingerprint density at radius 2 is 1.81 bits per heavy atom. The molecule has 0 unspecified atom stereocenters. The normalized spacial score (nSPS) is 16.4. The van der Waals surface area contributed by atoms with E-state index >= 15 is 0 Å². The maximum atomic E-state index is 11.1. The van der Waals surface area contributed by atoms with Gasteiger partial charge in [0.15, 0.2) is 0 Å². The monoisotopic (exact) mass is 228 g/mol. The number of hydrogen-bond acceptors (Lipinski definition) is 2. The van der Waals surface area contributed by atoms with Crippen molar-refractivity contribution >= 4 is 26.8 Å². The molecule has 0 N–H and O–H groups in total. The summed E-state index contributed by atoms with van der Waals surface area (Å²) in [7, 11) is -2.18. The molecule has 0 spiro atoms. The Morgan fingerprint density at radius 3 is 2.62 bits per heavy atom. The van der Waals surface area contributed by atoms with Gasteiger partial charge in [-0.15, -0.1) is 0 Å². The van der Waals surface area contributed by atoms with Crippen molar-refractivity contribution in [1.29, 1.82) is 0 Å². The lowest BCUT2D eigenvalue weighted by Crippen LogP contribution is -2.03. The van der Waals surface area contributed by atoms with Crippen molar-refractivity contribution in [1.82, 2.24) is 0 Å². The van der Waals surface area contributed by atoms with Crippen LogP contribution in [0.1, 0.15) is 11.1 Å². The molecule has 0 bridgehead atoms. The molecule has 0 aromatic heterocycles. The Labute approximate surface area is 94.8 Å². The fourth-order valence-electron chi connectivity index (χ4n) is 2.10. The third-order valence-electron chi connectivity index (χ3n) is 2.80. The van der Waals surface area contributed by atoms with Crippen LogP contribution >= 0.6 is 0 Å². The first-order valence-electron chi connectivity index (χ1n) is 4.94. The second-order valence-corrected chi connectivity index (χ2v) is 4.59. The van der Waals surface area contributed by atoms with Gasteiger partial charge in [-0.1, -0.05) is 36.4 Å². The van der Waals surface area contributed by atoms with Crippen LogP contribution in [-0.4, -0.2) is 13.3 Å². The molecule has 1 aromatic carbocycles. The van der Waals surface area contributed by atoms with E-state index in [1.807, 2.05) is 36.4 Å². The van der Waals surface area contributed by atoms with Crippen molar-refractivity contribution in [2.45, 2.75) is 0 Å². The summed E-state index contributed by atoms with van der Waals surface area (Å²) in [6.07, 6.45) is 7.29. The van der Waals surface area contributed by atoms with Crippen molar-refractivity contribution in [3.05, 3.63) is 59.2 Å². The number of rotatable bonds is 0. The minimum absolute atomic E-state index is 0.369. The van der Waals surface area contributed by atoms with E-state index < -0.39 is 10.3 Å². The molecule has 0 amide bonds. The first-order valence-corrected chi connectivity index (χ1v) is 6.01.